The lowest BCUT2D eigenvalue weighted by Gasteiger charge is -2.28. The van der Waals surface area contributed by atoms with E-state index in [1.165, 1.54) is 27.4 Å². The van der Waals surface area contributed by atoms with E-state index in [9.17, 15) is 14.4 Å². The van der Waals surface area contributed by atoms with Crippen molar-refractivity contribution >= 4 is 18.1 Å². The summed E-state index contributed by atoms with van der Waals surface area (Å²) in [5.41, 5.74) is -1.03. The molecule has 0 saturated heterocycles. The van der Waals surface area contributed by atoms with E-state index in [1.807, 2.05) is 0 Å². The molecule has 0 atom stereocenters. The lowest BCUT2D eigenvalue weighted by Crippen LogP contribution is -2.43. The van der Waals surface area contributed by atoms with E-state index in [-0.39, 0.29) is 32.7 Å². The van der Waals surface area contributed by atoms with Gasteiger partial charge in [-0.25, -0.2) is 4.79 Å². The Morgan fingerprint density at radius 3 is 1.84 bits per heavy atom. The number of esters is 2. The fourth-order valence-corrected chi connectivity index (χ4v) is 2.85. The molecule has 0 fully saturated rings. The smallest absolute Gasteiger partial charge is 0.497 e. The Bertz CT molecular complexity index is 730. The largest absolute Gasteiger partial charge is 0.508 e. The number of rotatable bonds is 12. The molecule has 172 valence electrons. The number of benzene rings is 1. The highest BCUT2D eigenvalue weighted by atomic mass is 16.7. The number of ether oxygens (including phenoxy) is 6. The average molecular weight is 438 g/mol. The molecule has 0 aliphatic carbocycles. The molecule has 9 heteroatoms. The Balaban J connectivity index is 3.31. The molecule has 0 N–H and O–H groups in total. The van der Waals surface area contributed by atoms with Crippen LogP contribution in [-0.4, -0.2) is 59.2 Å². The van der Waals surface area contributed by atoms with Crippen molar-refractivity contribution in [2.24, 2.45) is 5.41 Å². The zero-order valence-electron chi connectivity index (χ0n) is 18.6. The van der Waals surface area contributed by atoms with Crippen LogP contribution in [0.2, 0.25) is 0 Å². The van der Waals surface area contributed by atoms with Crippen molar-refractivity contribution in [3.8, 4) is 11.5 Å². The van der Waals surface area contributed by atoms with Crippen LogP contribution in [0.4, 0.5) is 4.79 Å². The Morgan fingerprint density at radius 1 is 0.839 bits per heavy atom. The molecule has 0 saturated carbocycles. The van der Waals surface area contributed by atoms with Crippen LogP contribution < -0.4 is 9.47 Å². The SMILES string of the molecule is CCOC(=O)C(C/C=C\COC(=O)OC)(Cc1cc(OC)cc(OC)c1)C(=O)OCC. The summed E-state index contributed by atoms with van der Waals surface area (Å²) in [6.45, 7) is 3.42. The van der Waals surface area contributed by atoms with Crippen molar-refractivity contribution in [2.75, 3.05) is 41.2 Å². The molecule has 0 spiro atoms. The maximum absolute atomic E-state index is 13.0. The molecule has 0 bridgehead atoms. The van der Waals surface area contributed by atoms with Gasteiger partial charge in [-0.1, -0.05) is 12.2 Å². The summed E-state index contributed by atoms with van der Waals surface area (Å²) in [6, 6.07) is 5.10. The van der Waals surface area contributed by atoms with Crippen molar-refractivity contribution in [2.45, 2.75) is 26.7 Å². The van der Waals surface area contributed by atoms with Gasteiger partial charge in [0.1, 0.15) is 18.1 Å². The first-order chi connectivity index (χ1) is 14.9. The molecule has 0 unspecified atom stereocenters. The highest BCUT2D eigenvalue weighted by Gasteiger charge is 2.48. The van der Waals surface area contributed by atoms with E-state index >= 15 is 0 Å². The van der Waals surface area contributed by atoms with Gasteiger partial charge in [0.25, 0.3) is 0 Å². The first kappa shape index (κ1) is 25.8. The van der Waals surface area contributed by atoms with Gasteiger partial charge in [0, 0.05) is 6.07 Å². The van der Waals surface area contributed by atoms with Gasteiger partial charge in [-0.05, 0) is 44.4 Å². The van der Waals surface area contributed by atoms with Gasteiger partial charge in [-0.2, -0.15) is 0 Å². The third-order valence-corrected chi connectivity index (χ3v) is 4.35. The predicted molar refractivity (Wildman–Crippen MR) is 111 cm³/mol. The number of hydrogen-bond acceptors (Lipinski definition) is 9. The second kappa shape index (κ2) is 13.1. The van der Waals surface area contributed by atoms with Crippen molar-refractivity contribution in [3.05, 3.63) is 35.9 Å². The first-order valence-electron chi connectivity index (χ1n) is 9.78. The molecule has 0 amide bonds. The van der Waals surface area contributed by atoms with Crippen molar-refractivity contribution in [1.29, 1.82) is 0 Å². The zero-order chi connectivity index (χ0) is 23.3. The Kier molecular flexibility index (Phi) is 10.9. The number of hydrogen-bond donors (Lipinski definition) is 0. The van der Waals surface area contributed by atoms with Gasteiger partial charge in [0.15, 0.2) is 5.41 Å². The summed E-state index contributed by atoms with van der Waals surface area (Å²) < 4.78 is 30.2. The highest BCUT2D eigenvalue weighted by Crippen LogP contribution is 2.34. The van der Waals surface area contributed by atoms with Gasteiger partial charge in [0.05, 0.1) is 34.5 Å². The molecule has 1 aromatic carbocycles. The van der Waals surface area contributed by atoms with E-state index in [0.29, 0.717) is 17.1 Å². The van der Waals surface area contributed by atoms with Crippen molar-refractivity contribution in [1.82, 2.24) is 0 Å². The van der Waals surface area contributed by atoms with Crippen LogP contribution in [-0.2, 0) is 35.0 Å². The third-order valence-electron chi connectivity index (χ3n) is 4.35. The van der Waals surface area contributed by atoms with Crippen molar-refractivity contribution in [3.63, 3.8) is 0 Å². The molecule has 31 heavy (non-hydrogen) atoms. The summed E-state index contributed by atoms with van der Waals surface area (Å²) in [6.07, 6.45) is 2.19. The van der Waals surface area contributed by atoms with E-state index in [0.717, 1.165) is 0 Å². The predicted octanol–water partition coefficient (Wildman–Crippen LogP) is 3.09. The van der Waals surface area contributed by atoms with Crippen LogP contribution in [0.15, 0.2) is 30.4 Å². The lowest BCUT2D eigenvalue weighted by molar-refractivity contribution is -0.172. The van der Waals surface area contributed by atoms with E-state index in [2.05, 4.69) is 4.74 Å². The molecule has 0 heterocycles. The maximum Gasteiger partial charge on any atom is 0.508 e. The van der Waals surface area contributed by atoms with Crippen LogP contribution in [0, 0.1) is 5.41 Å². The molecule has 0 aliphatic heterocycles. The molecular formula is C22H30O9. The lowest BCUT2D eigenvalue weighted by atomic mass is 9.78. The average Bonchev–Trinajstić information content (AvgIpc) is 2.77. The standard InChI is InChI=1S/C22H30O9/c1-6-29-19(23)22(20(24)30-7-2,10-8-9-11-31-21(25)28-5)15-16-12-17(26-3)14-18(13-16)27-4/h8-9,12-14H,6-7,10-11,15H2,1-5H3/b9-8-. The minimum Gasteiger partial charge on any atom is -0.497 e. The number of methoxy groups -OCH3 is 3. The summed E-state index contributed by atoms with van der Waals surface area (Å²) in [5.74, 6) is -0.404. The van der Waals surface area contributed by atoms with E-state index < -0.39 is 23.5 Å². The van der Waals surface area contributed by atoms with Gasteiger partial charge in [-0.3, -0.25) is 9.59 Å². The molecule has 0 radical (unpaired) electrons. The number of carbonyl (C=O) groups is 3. The number of carbonyl (C=O) groups excluding carboxylic acids is 3. The molecule has 1 aromatic rings. The number of allylic oxidation sites excluding steroid dienone is 1. The van der Waals surface area contributed by atoms with Crippen LogP contribution in [0.5, 0.6) is 11.5 Å². The fraction of sp³-hybridized carbons (Fsp3) is 0.500. The first-order valence-corrected chi connectivity index (χ1v) is 9.78. The third kappa shape index (κ3) is 7.51. The van der Waals surface area contributed by atoms with Crippen LogP contribution >= 0.6 is 0 Å². The van der Waals surface area contributed by atoms with Gasteiger partial charge in [0.2, 0.25) is 0 Å². The summed E-state index contributed by atoms with van der Waals surface area (Å²) in [5, 5.41) is 0. The summed E-state index contributed by atoms with van der Waals surface area (Å²) in [7, 11) is 4.21. The normalized spacial score (nSPS) is 11.0. The minimum atomic E-state index is -1.65. The Hall–Kier alpha value is -3.23. The molecule has 0 aromatic heterocycles. The second-order valence-electron chi connectivity index (χ2n) is 6.36. The zero-order valence-corrected chi connectivity index (χ0v) is 18.6. The van der Waals surface area contributed by atoms with Crippen molar-refractivity contribution < 1.29 is 42.8 Å². The monoisotopic (exact) mass is 438 g/mol. The van der Waals surface area contributed by atoms with Gasteiger partial charge >= 0.3 is 18.1 Å². The van der Waals surface area contributed by atoms with E-state index in [1.54, 1.807) is 38.1 Å². The van der Waals surface area contributed by atoms with Gasteiger partial charge < -0.3 is 28.4 Å². The fourth-order valence-electron chi connectivity index (χ4n) is 2.85. The molecule has 9 nitrogen and oxygen atoms in total. The van der Waals surface area contributed by atoms with Crippen LogP contribution in [0.3, 0.4) is 0 Å². The van der Waals surface area contributed by atoms with Crippen LogP contribution in [0.25, 0.3) is 0 Å². The highest BCUT2D eigenvalue weighted by molar-refractivity contribution is 6.00. The summed E-state index contributed by atoms with van der Waals surface area (Å²) in [4.78, 5) is 37.0. The van der Waals surface area contributed by atoms with Crippen LogP contribution in [0.1, 0.15) is 25.8 Å². The van der Waals surface area contributed by atoms with E-state index in [4.69, 9.17) is 23.7 Å². The summed E-state index contributed by atoms with van der Waals surface area (Å²) >= 11 is 0. The Morgan fingerprint density at radius 2 is 1.39 bits per heavy atom. The molecule has 0 aliphatic rings. The maximum atomic E-state index is 13.0. The Labute approximate surface area is 182 Å². The topological polar surface area (TPSA) is 107 Å². The second-order valence-corrected chi connectivity index (χ2v) is 6.36. The quantitative estimate of drug-likeness (QED) is 0.211. The molecular weight excluding hydrogens is 408 g/mol. The minimum absolute atomic E-state index is 0.0135. The van der Waals surface area contributed by atoms with Gasteiger partial charge in [-0.15, -0.1) is 0 Å². The molecule has 1 rings (SSSR count).